The number of nitrogens with one attached hydrogen (secondary N) is 1. The van der Waals surface area contributed by atoms with E-state index in [9.17, 15) is 35.3 Å². The standard InChI is InChI=1S/C15H13F6N5O2S2/c1-5-8(6-3-2-4-7(6)23-9(5)15(19,20)21)24-14(27)26-30(22,28)13-11(18)25-12(29-13)10(16)17/h10H,2-4H2,1H3,(H3,22,23,24,26,27,28)/t30-/m1/s1. The van der Waals surface area contributed by atoms with Gasteiger partial charge in [-0.3, -0.25) is 0 Å². The molecule has 2 aromatic heterocycles. The number of amides is 2. The van der Waals surface area contributed by atoms with E-state index in [0.29, 0.717) is 18.4 Å². The number of halogens is 6. The Morgan fingerprint density at radius 1 is 1.30 bits per heavy atom. The van der Waals surface area contributed by atoms with Gasteiger partial charge in [0, 0.05) is 11.3 Å². The first-order valence-electron chi connectivity index (χ1n) is 8.21. The molecule has 1 aliphatic rings. The number of fused-ring (bicyclic) bond motifs is 1. The maximum atomic E-state index is 13.8. The first-order valence-corrected chi connectivity index (χ1v) is 10.6. The predicted octanol–water partition coefficient (Wildman–Crippen LogP) is 4.36. The molecule has 2 aromatic rings. The highest BCUT2D eigenvalue weighted by Gasteiger charge is 2.38. The summed E-state index contributed by atoms with van der Waals surface area (Å²) in [6.45, 7) is 1.10. The van der Waals surface area contributed by atoms with E-state index in [-0.39, 0.29) is 34.7 Å². The normalized spacial score (nSPS) is 15.8. The Morgan fingerprint density at radius 2 is 1.97 bits per heavy atom. The van der Waals surface area contributed by atoms with Crippen molar-refractivity contribution in [3.63, 3.8) is 0 Å². The van der Waals surface area contributed by atoms with Gasteiger partial charge in [0.2, 0.25) is 5.95 Å². The number of rotatable bonds is 3. The average molecular weight is 473 g/mol. The number of carbonyl (C=O) groups is 1. The van der Waals surface area contributed by atoms with Crippen LogP contribution in [0, 0.1) is 12.9 Å². The van der Waals surface area contributed by atoms with Crippen molar-refractivity contribution in [2.75, 3.05) is 5.32 Å². The molecule has 0 spiro atoms. The number of hydrogen-bond donors (Lipinski definition) is 2. The molecule has 0 unspecified atom stereocenters. The van der Waals surface area contributed by atoms with Crippen LogP contribution in [0.1, 0.15) is 40.4 Å². The van der Waals surface area contributed by atoms with Gasteiger partial charge in [-0.2, -0.15) is 17.6 Å². The van der Waals surface area contributed by atoms with Gasteiger partial charge in [-0.15, -0.1) is 4.36 Å². The van der Waals surface area contributed by atoms with Crippen LogP contribution in [0.3, 0.4) is 0 Å². The second-order valence-electron chi connectivity index (χ2n) is 6.26. The molecular weight excluding hydrogens is 460 g/mol. The fraction of sp³-hybridized carbons (Fsp3) is 0.400. The lowest BCUT2D eigenvalue weighted by atomic mass is 10.1. The van der Waals surface area contributed by atoms with E-state index in [1.54, 1.807) is 0 Å². The number of alkyl halides is 5. The molecule has 0 aromatic carbocycles. The van der Waals surface area contributed by atoms with Crippen LogP contribution in [0.2, 0.25) is 0 Å². The lowest BCUT2D eigenvalue weighted by Crippen LogP contribution is -2.20. The molecular formula is C15H13F6N5O2S2. The van der Waals surface area contributed by atoms with Crippen LogP contribution in [0.25, 0.3) is 0 Å². The van der Waals surface area contributed by atoms with Gasteiger partial charge in [-0.1, -0.05) is 11.3 Å². The van der Waals surface area contributed by atoms with Crippen molar-refractivity contribution in [1.29, 1.82) is 0 Å². The minimum absolute atomic E-state index is 0.0172. The van der Waals surface area contributed by atoms with Crippen molar-refractivity contribution in [1.82, 2.24) is 9.97 Å². The van der Waals surface area contributed by atoms with E-state index < -0.39 is 49.4 Å². The minimum Gasteiger partial charge on any atom is -0.305 e. The summed E-state index contributed by atoms with van der Waals surface area (Å²) < 4.78 is 93.4. The summed E-state index contributed by atoms with van der Waals surface area (Å²) >= 11 is -0.0172. The summed E-state index contributed by atoms with van der Waals surface area (Å²) in [7, 11) is -4.32. The molecule has 1 atom stereocenters. The van der Waals surface area contributed by atoms with E-state index in [1.165, 1.54) is 0 Å². The topological polar surface area (TPSA) is 110 Å². The second kappa shape index (κ2) is 7.77. The molecule has 0 bridgehead atoms. The average Bonchev–Trinajstić information content (AvgIpc) is 3.22. The molecule has 0 saturated carbocycles. The highest BCUT2D eigenvalue weighted by atomic mass is 32.2. The van der Waals surface area contributed by atoms with Crippen molar-refractivity contribution in [3.05, 3.63) is 33.5 Å². The maximum absolute atomic E-state index is 13.8. The summed E-state index contributed by atoms with van der Waals surface area (Å²) in [6, 6.07) is -1.43. The number of urea groups is 1. The molecule has 2 heterocycles. The maximum Gasteiger partial charge on any atom is 0.433 e. The zero-order valence-corrected chi connectivity index (χ0v) is 16.7. The first kappa shape index (κ1) is 22.4. The van der Waals surface area contributed by atoms with Crippen LogP contribution in [0.4, 0.5) is 36.8 Å². The van der Waals surface area contributed by atoms with Crippen LogP contribution in [-0.2, 0) is 28.9 Å². The summed E-state index contributed by atoms with van der Waals surface area (Å²) in [5.41, 5.74) is -1.24. The molecule has 15 heteroatoms. The largest absolute Gasteiger partial charge is 0.433 e. The van der Waals surface area contributed by atoms with Gasteiger partial charge in [0.1, 0.15) is 5.69 Å². The minimum atomic E-state index is -4.78. The Labute approximate surface area is 170 Å². The molecule has 3 N–H and O–H groups in total. The van der Waals surface area contributed by atoms with E-state index in [2.05, 4.69) is 19.6 Å². The fourth-order valence-electron chi connectivity index (χ4n) is 3.00. The van der Waals surface area contributed by atoms with Gasteiger partial charge < -0.3 is 5.32 Å². The SMILES string of the molecule is Cc1c(C(F)(F)F)nc2c(c1NC(=O)N=[S@@](N)(=O)c1sc(C(F)F)nc1F)CCC2. The molecule has 2 amide bonds. The van der Waals surface area contributed by atoms with E-state index in [4.69, 9.17) is 5.14 Å². The molecule has 164 valence electrons. The van der Waals surface area contributed by atoms with Crippen LogP contribution in [0.15, 0.2) is 8.57 Å². The number of aryl methyl sites for hydroxylation is 1. The van der Waals surface area contributed by atoms with Crippen molar-refractivity contribution in [3.8, 4) is 0 Å². The molecule has 30 heavy (non-hydrogen) atoms. The van der Waals surface area contributed by atoms with Crippen molar-refractivity contribution < 1.29 is 35.3 Å². The summed E-state index contributed by atoms with van der Waals surface area (Å²) in [4.78, 5) is 18.8. The van der Waals surface area contributed by atoms with Crippen molar-refractivity contribution in [2.45, 2.75) is 43.0 Å². The highest BCUT2D eigenvalue weighted by molar-refractivity contribution is 7.93. The Balaban J connectivity index is 2.01. The molecule has 0 radical (unpaired) electrons. The predicted molar refractivity (Wildman–Crippen MR) is 95.1 cm³/mol. The van der Waals surface area contributed by atoms with E-state index in [1.807, 2.05) is 0 Å². The van der Waals surface area contributed by atoms with Gasteiger partial charge in [-0.05, 0) is 31.7 Å². The van der Waals surface area contributed by atoms with E-state index in [0.717, 1.165) is 6.92 Å². The summed E-state index contributed by atoms with van der Waals surface area (Å²) in [5, 5.41) is 6.45. The number of hydrogen-bond acceptors (Lipinski definition) is 5. The quantitative estimate of drug-likeness (QED) is 0.646. The van der Waals surface area contributed by atoms with Gasteiger partial charge in [0.25, 0.3) is 6.43 Å². The van der Waals surface area contributed by atoms with Crippen LogP contribution in [0.5, 0.6) is 0 Å². The van der Waals surface area contributed by atoms with Crippen LogP contribution in [-0.4, -0.2) is 20.2 Å². The third kappa shape index (κ3) is 4.27. The summed E-state index contributed by atoms with van der Waals surface area (Å²) in [6.07, 6.45) is -6.81. The zero-order valence-electron chi connectivity index (χ0n) is 15.0. The number of thiazole rings is 1. The molecule has 0 saturated heterocycles. The number of aromatic nitrogens is 2. The van der Waals surface area contributed by atoms with Crippen LogP contribution >= 0.6 is 11.3 Å². The van der Waals surface area contributed by atoms with Gasteiger partial charge in [0.05, 0.1) is 5.69 Å². The third-order valence-electron chi connectivity index (χ3n) is 4.21. The molecule has 3 rings (SSSR count). The number of nitrogens with zero attached hydrogens (tertiary/aromatic N) is 3. The van der Waals surface area contributed by atoms with Crippen LogP contribution < -0.4 is 10.5 Å². The molecule has 1 aliphatic carbocycles. The van der Waals surface area contributed by atoms with Crippen molar-refractivity contribution >= 4 is 33.0 Å². The number of anilines is 1. The Hall–Kier alpha value is -2.26. The summed E-state index contributed by atoms with van der Waals surface area (Å²) in [5.74, 6) is -1.57. The molecule has 0 aliphatic heterocycles. The lowest BCUT2D eigenvalue weighted by Gasteiger charge is -2.17. The van der Waals surface area contributed by atoms with Gasteiger partial charge >= 0.3 is 12.2 Å². The smallest absolute Gasteiger partial charge is 0.305 e. The van der Waals surface area contributed by atoms with Crippen molar-refractivity contribution in [2.24, 2.45) is 9.50 Å². The van der Waals surface area contributed by atoms with Gasteiger partial charge in [-0.25, -0.2) is 32.9 Å². The third-order valence-corrected chi connectivity index (χ3v) is 7.15. The fourth-order valence-corrected chi connectivity index (χ4v) is 5.04. The van der Waals surface area contributed by atoms with E-state index >= 15 is 0 Å². The lowest BCUT2D eigenvalue weighted by molar-refractivity contribution is -0.141. The Bertz CT molecular complexity index is 1140. The zero-order chi connectivity index (χ0) is 22.4. The monoisotopic (exact) mass is 473 g/mol. The molecule has 7 nitrogen and oxygen atoms in total. The van der Waals surface area contributed by atoms with Gasteiger partial charge in [0.15, 0.2) is 19.1 Å². The molecule has 0 fully saturated rings. The Morgan fingerprint density at radius 3 is 2.53 bits per heavy atom. The number of pyridine rings is 1. The highest BCUT2D eigenvalue weighted by Crippen LogP contribution is 2.39. The Kier molecular flexibility index (Phi) is 5.81. The second-order valence-corrected chi connectivity index (χ2v) is 9.28. The number of nitrogens with two attached hydrogens (primary N) is 1. The first-order chi connectivity index (χ1) is 13.8. The number of carbonyl (C=O) groups excluding carboxylic acids is 1.